The number of nitrogens with zero attached hydrogens (tertiary/aromatic N) is 3. The third kappa shape index (κ3) is 3.33. The van der Waals surface area contributed by atoms with Crippen molar-refractivity contribution < 1.29 is 26.7 Å². The van der Waals surface area contributed by atoms with Crippen molar-refractivity contribution in [2.24, 2.45) is 0 Å². The van der Waals surface area contributed by atoms with Crippen LogP contribution in [0, 0.1) is 5.82 Å². The summed E-state index contributed by atoms with van der Waals surface area (Å²) in [6, 6.07) is 0.433. The predicted molar refractivity (Wildman–Crippen MR) is 95.8 cm³/mol. The summed E-state index contributed by atoms with van der Waals surface area (Å²) < 4.78 is 72.4. The number of rotatable bonds is 3. The molecule has 3 heterocycles. The van der Waals surface area contributed by atoms with Gasteiger partial charge in [-0.1, -0.05) is 11.6 Å². The molecule has 28 heavy (non-hydrogen) atoms. The lowest BCUT2D eigenvalue weighted by atomic mass is 9.95. The Labute approximate surface area is 170 Å². The molecule has 0 saturated carbocycles. The minimum Gasteiger partial charge on any atom is -0.461 e. The molecule has 0 aliphatic carbocycles. The minimum atomic E-state index is -4.77. The number of halogens is 7. The second kappa shape index (κ2) is 6.91. The van der Waals surface area contributed by atoms with E-state index in [0.717, 1.165) is 19.4 Å². The molecule has 2 fully saturated rings. The lowest BCUT2D eigenvalue weighted by Gasteiger charge is -2.30. The van der Waals surface area contributed by atoms with Crippen molar-refractivity contribution in [1.29, 1.82) is 0 Å². The average molecular weight is 487 g/mol. The van der Waals surface area contributed by atoms with Crippen LogP contribution in [0.15, 0.2) is 10.5 Å². The van der Waals surface area contributed by atoms with Crippen LogP contribution in [0.25, 0.3) is 10.9 Å². The van der Waals surface area contributed by atoms with Crippen LogP contribution in [-0.2, 0) is 6.18 Å². The second-order valence-corrected chi connectivity index (χ2v) is 8.26. The molecule has 0 N–H and O–H groups in total. The van der Waals surface area contributed by atoms with Crippen LogP contribution in [0.4, 0.5) is 22.0 Å². The number of ether oxygens (including phenoxy) is 1. The smallest absolute Gasteiger partial charge is 0.417 e. The first kappa shape index (κ1) is 20.0. The molecule has 2 aliphatic heterocycles. The zero-order valence-corrected chi connectivity index (χ0v) is 16.6. The normalized spacial score (nSPS) is 25.5. The first-order valence-corrected chi connectivity index (χ1v) is 9.72. The van der Waals surface area contributed by atoms with E-state index in [1.165, 1.54) is 0 Å². The highest BCUT2D eigenvalue weighted by Crippen LogP contribution is 2.42. The van der Waals surface area contributed by atoms with Crippen molar-refractivity contribution in [3.8, 4) is 6.01 Å². The Balaban J connectivity index is 1.67. The maximum absolute atomic E-state index is 14.5. The molecule has 0 amide bonds. The maximum Gasteiger partial charge on any atom is 0.417 e. The summed E-state index contributed by atoms with van der Waals surface area (Å²) in [6.45, 7) is 1.20. The fourth-order valence-electron chi connectivity index (χ4n) is 4.07. The first-order valence-electron chi connectivity index (χ1n) is 8.55. The van der Waals surface area contributed by atoms with E-state index in [9.17, 15) is 22.0 Å². The Kier molecular flexibility index (Phi) is 4.95. The molecular formula is C17H14BrClF5N3O. The molecule has 4 rings (SSSR count). The minimum absolute atomic E-state index is 0.0959. The van der Waals surface area contributed by atoms with Crippen LogP contribution in [0.5, 0.6) is 6.01 Å². The molecule has 2 atom stereocenters. The van der Waals surface area contributed by atoms with Gasteiger partial charge >= 0.3 is 12.2 Å². The predicted octanol–water partition coefficient (Wildman–Crippen LogP) is 5.16. The van der Waals surface area contributed by atoms with Gasteiger partial charge in [0.1, 0.15) is 23.4 Å². The van der Waals surface area contributed by atoms with Gasteiger partial charge in [-0.15, -0.1) is 0 Å². The lowest BCUT2D eigenvalue weighted by molar-refractivity contribution is -0.138. The molecule has 0 spiro atoms. The van der Waals surface area contributed by atoms with Crippen LogP contribution in [0.3, 0.4) is 0 Å². The van der Waals surface area contributed by atoms with Crippen molar-refractivity contribution in [3.63, 3.8) is 0 Å². The van der Waals surface area contributed by atoms with E-state index in [1.54, 1.807) is 0 Å². The Hall–Kier alpha value is -1.26. The number of fused-ring (bicyclic) bond motifs is 2. The highest BCUT2D eigenvalue weighted by molar-refractivity contribution is 9.10. The van der Waals surface area contributed by atoms with E-state index in [0.29, 0.717) is 19.0 Å². The third-order valence-corrected chi connectivity index (χ3v) is 6.40. The van der Waals surface area contributed by atoms with Gasteiger partial charge in [-0.2, -0.15) is 23.1 Å². The van der Waals surface area contributed by atoms with E-state index >= 15 is 0 Å². The topological polar surface area (TPSA) is 38.2 Å². The van der Waals surface area contributed by atoms with Gasteiger partial charge < -0.3 is 4.74 Å². The number of benzene rings is 1. The highest BCUT2D eigenvalue weighted by Gasteiger charge is 2.49. The summed E-state index contributed by atoms with van der Waals surface area (Å²) in [5, 5.41) is -0.625. The van der Waals surface area contributed by atoms with Gasteiger partial charge in [-0.3, -0.25) is 4.90 Å². The average Bonchev–Trinajstić information content (AvgIpc) is 3.11. The molecule has 1 unspecified atom stereocenters. The van der Waals surface area contributed by atoms with Crippen molar-refractivity contribution in [2.45, 2.75) is 37.1 Å². The molecule has 11 heteroatoms. The summed E-state index contributed by atoms with van der Waals surface area (Å²) in [5.41, 5.74) is -2.06. The fourth-order valence-corrected chi connectivity index (χ4v) is 4.81. The summed E-state index contributed by atoms with van der Waals surface area (Å²) >= 11 is 8.62. The van der Waals surface area contributed by atoms with Gasteiger partial charge in [0.15, 0.2) is 5.82 Å². The molecule has 4 nitrogen and oxygen atoms in total. The molecule has 2 saturated heterocycles. The van der Waals surface area contributed by atoms with Gasteiger partial charge in [-0.25, -0.2) is 8.78 Å². The Morgan fingerprint density at radius 2 is 2.11 bits per heavy atom. The van der Waals surface area contributed by atoms with Crippen LogP contribution >= 0.6 is 27.5 Å². The zero-order valence-electron chi connectivity index (χ0n) is 14.3. The Bertz CT molecular complexity index is 943. The molecule has 0 radical (unpaired) electrons. The maximum atomic E-state index is 14.5. The largest absolute Gasteiger partial charge is 0.461 e. The van der Waals surface area contributed by atoms with Crippen LogP contribution in [-0.4, -0.2) is 46.3 Å². The number of aromatic nitrogens is 2. The molecule has 152 valence electrons. The van der Waals surface area contributed by atoms with Gasteiger partial charge in [0.25, 0.3) is 0 Å². The summed E-state index contributed by atoms with van der Waals surface area (Å²) in [5.74, 6) is -1.20. The summed E-state index contributed by atoms with van der Waals surface area (Å²) in [6.07, 6.45) is -3.73. The third-order valence-electron chi connectivity index (χ3n) is 5.34. The molecule has 2 aliphatic rings. The monoisotopic (exact) mass is 485 g/mol. The van der Waals surface area contributed by atoms with Crippen LogP contribution < -0.4 is 4.74 Å². The van der Waals surface area contributed by atoms with Gasteiger partial charge in [0, 0.05) is 18.4 Å². The highest BCUT2D eigenvalue weighted by atomic mass is 79.9. The molecule has 0 bridgehead atoms. The number of hydrogen-bond donors (Lipinski definition) is 0. The van der Waals surface area contributed by atoms with Crippen molar-refractivity contribution in [2.75, 3.05) is 19.7 Å². The van der Waals surface area contributed by atoms with Gasteiger partial charge in [-0.05, 0) is 41.4 Å². The number of alkyl halides is 4. The van der Waals surface area contributed by atoms with Crippen molar-refractivity contribution in [3.05, 3.63) is 27.1 Å². The Morgan fingerprint density at radius 3 is 2.82 bits per heavy atom. The van der Waals surface area contributed by atoms with Crippen LogP contribution in [0.2, 0.25) is 5.15 Å². The lowest BCUT2D eigenvalue weighted by Crippen LogP contribution is -2.43. The Morgan fingerprint density at radius 1 is 1.36 bits per heavy atom. The van der Waals surface area contributed by atoms with E-state index in [-0.39, 0.29) is 28.7 Å². The van der Waals surface area contributed by atoms with Crippen molar-refractivity contribution >= 4 is 38.4 Å². The standard InChI is InChI=1S/C17H14BrClF5N3O/c18-11-10(17(22,23)24)4-9-13(12(11)21)25-15(26-14(9)19)28-7-16-2-1-3-27(16)6-8(20)5-16/h4,8H,1-3,5-7H2/t8-,16?/m1/s1. The van der Waals surface area contributed by atoms with Gasteiger partial charge in [0.2, 0.25) is 0 Å². The molecule has 2 aromatic rings. The molecule has 1 aromatic carbocycles. The zero-order chi connectivity index (χ0) is 20.3. The molecular weight excluding hydrogens is 473 g/mol. The second-order valence-electron chi connectivity index (χ2n) is 7.11. The summed E-state index contributed by atoms with van der Waals surface area (Å²) in [7, 11) is 0. The fraction of sp³-hybridized carbons (Fsp3) is 0.529. The SMILES string of the molecule is Fc1c(Br)c(C(F)(F)F)cc2c(Cl)nc(OCC34CCCN3C[C@H](F)C4)nc12. The van der Waals surface area contributed by atoms with Crippen molar-refractivity contribution in [1.82, 2.24) is 14.9 Å². The van der Waals surface area contributed by atoms with Crippen LogP contribution in [0.1, 0.15) is 24.8 Å². The van der Waals surface area contributed by atoms with E-state index in [1.807, 2.05) is 4.90 Å². The summed E-state index contributed by atoms with van der Waals surface area (Å²) in [4.78, 5) is 9.79. The first-order chi connectivity index (χ1) is 13.1. The van der Waals surface area contributed by atoms with E-state index in [2.05, 4.69) is 25.9 Å². The molecule has 1 aromatic heterocycles. The van der Waals surface area contributed by atoms with Gasteiger partial charge in [0.05, 0.1) is 15.6 Å². The number of hydrogen-bond acceptors (Lipinski definition) is 4. The van der Waals surface area contributed by atoms with E-state index < -0.39 is 33.7 Å². The quantitative estimate of drug-likeness (QED) is 0.444. The van der Waals surface area contributed by atoms with E-state index in [4.69, 9.17) is 16.3 Å².